The predicted molar refractivity (Wildman–Crippen MR) is 88.5 cm³/mol. The molecule has 1 N–H and O–H groups in total. The molecule has 1 amide bonds. The van der Waals surface area contributed by atoms with Gasteiger partial charge in [0.25, 0.3) is 11.5 Å². The van der Waals surface area contributed by atoms with Crippen molar-refractivity contribution < 1.29 is 4.79 Å². The molecule has 0 unspecified atom stereocenters. The zero-order valence-corrected chi connectivity index (χ0v) is 13.5. The van der Waals surface area contributed by atoms with Crippen molar-refractivity contribution >= 4 is 17.2 Å². The Morgan fingerprint density at radius 1 is 1.32 bits per heavy atom. The second-order valence-electron chi connectivity index (χ2n) is 5.99. The van der Waals surface area contributed by atoms with Crippen molar-refractivity contribution in [3.8, 4) is 0 Å². The van der Waals surface area contributed by atoms with Gasteiger partial charge in [0.1, 0.15) is 5.56 Å². The first-order valence-electron chi connectivity index (χ1n) is 7.60. The fraction of sp³-hybridized carbons (Fsp3) is 0.412. The number of hydrogen-bond acceptors (Lipinski definition) is 3. The number of nitrogens with one attached hydrogen (secondary N) is 1. The third-order valence-electron chi connectivity index (χ3n) is 4.56. The molecule has 4 nitrogen and oxygen atoms in total. The van der Waals surface area contributed by atoms with Crippen LogP contribution in [0.3, 0.4) is 0 Å². The van der Waals surface area contributed by atoms with Crippen LogP contribution in [0.2, 0.25) is 0 Å². The number of hydrogen-bond donors (Lipinski definition) is 1. The van der Waals surface area contributed by atoms with Gasteiger partial charge in [0.2, 0.25) is 0 Å². The molecule has 1 aliphatic carbocycles. The molecule has 22 heavy (non-hydrogen) atoms. The number of thiophene rings is 1. The van der Waals surface area contributed by atoms with Gasteiger partial charge in [-0.15, -0.1) is 11.3 Å². The molecule has 1 aliphatic rings. The molecular weight excluding hydrogens is 296 g/mol. The summed E-state index contributed by atoms with van der Waals surface area (Å²) in [5, 5.41) is 5.08. The lowest BCUT2D eigenvalue weighted by Gasteiger charge is -2.28. The molecule has 0 saturated heterocycles. The average Bonchev–Trinajstić information content (AvgIpc) is 3.19. The van der Waals surface area contributed by atoms with Crippen molar-refractivity contribution in [3.05, 3.63) is 56.6 Å². The Hall–Kier alpha value is -1.88. The van der Waals surface area contributed by atoms with Gasteiger partial charge in [-0.1, -0.05) is 18.9 Å². The van der Waals surface area contributed by atoms with Crippen LogP contribution in [0.15, 0.2) is 40.6 Å². The fourth-order valence-electron chi connectivity index (χ4n) is 3.26. The average molecular weight is 316 g/mol. The third kappa shape index (κ3) is 2.73. The minimum atomic E-state index is -0.274. The largest absolute Gasteiger partial charge is 0.351 e. The minimum absolute atomic E-state index is 0.0455. The highest BCUT2D eigenvalue weighted by atomic mass is 32.1. The number of aromatic nitrogens is 1. The fourth-order valence-corrected chi connectivity index (χ4v) is 4.24. The topological polar surface area (TPSA) is 51.1 Å². The lowest BCUT2D eigenvalue weighted by molar-refractivity contribution is 0.0941. The van der Waals surface area contributed by atoms with Crippen LogP contribution in [0.4, 0.5) is 0 Å². The molecule has 2 aromatic heterocycles. The Balaban J connectivity index is 1.77. The summed E-state index contributed by atoms with van der Waals surface area (Å²) >= 11 is 1.75. The molecule has 1 fully saturated rings. The molecule has 3 rings (SSSR count). The van der Waals surface area contributed by atoms with E-state index in [4.69, 9.17) is 0 Å². The summed E-state index contributed by atoms with van der Waals surface area (Å²) in [6.07, 6.45) is 6.24. The summed E-state index contributed by atoms with van der Waals surface area (Å²) in [5.74, 6) is -0.274. The van der Waals surface area contributed by atoms with Crippen LogP contribution in [-0.4, -0.2) is 17.0 Å². The summed E-state index contributed by atoms with van der Waals surface area (Å²) in [7, 11) is 1.66. The number of carbonyl (C=O) groups excluding carboxylic acids is 1. The van der Waals surface area contributed by atoms with Crippen LogP contribution in [0.25, 0.3) is 0 Å². The SMILES string of the molecule is Cn1cccc(C(=O)NCC2(c3cccs3)CCCC2)c1=O. The van der Waals surface area contributed by atoms with Crippen LogP contribution in [0.5, 0.6) is 0 Å². The van der Waals surface area contributed by atoms with Gasteiger partial charge >= 0.3 is 0 Å². The molecule has 0 aromatic carbocycles. The maximum atomic E-state index is 12.4. The molecule has 2 heterocycles. The zero-order chi connectivity index (χ0) is 15.6. The maximum absolute atomic E-state index is 12.4. The van der Waals surface area contributed by atoms with Crippen molar-refractivity contribution in [2.75, 3.05) is 6.54 Å². The van der Waals surface area contributed by atoms with Gasteiger partial charge in [-0.2, -0.15) is 0 Å². The predicted octanol–water partition coefficient (Wildman–Crippen LogP) is 2.69. The summed E-state index contributed by atoms with van der Waals surface area (Å²) in [6, 6.07) is 7.53. The van der Waals surface area contributed by atoms with E-state index in [9.17, 15) is 9.59 Å². The third-order valence-corrected chi connectivity index (χ3v) is 5.68. The number of rotatable bonds is 4. The van der Waals surface area contributed by atoms with Crippen LogP contribution in [0.1, 0.15) is 40.9 Å². The molecular formula is C17H20N2O2S. The van der Waals surface area contributed by atoms with Crippen molar-refractivity contribution in [2.24, 2.45) is 7.05 Å². The van der Waals surface area contributed by atoms with Crippen molar-refractivity contribution in [1.82, 2.24) is 9.88 Å². The minimum Gasteiger partial charge on any atom is -0.351 e. The lowest BCUT2D eigenvalue weighted by Crippen LogP contribution is -2.40. The first kappa shape index (κ1) is 15.0. The molecule has 0 aliphatic heterocycles. The van der Waals surface area contributed by atoms with Crippen LogP contribution < -0.4 is 10.9 Å². The zero-order valence-electron chi connectivity index (χ0n) is 12.7. The Bertz CT molecular complexity index is 713. The number of nitrogens with zero attached hydrogens (tertiary/aromatic N) is 1. The Kier molecular flexibility index (Phi) is 4.16. The van der Waals surface area contributed by atoms with E-state index in [1.54, 1.807) is 36.7 Å². The smallest absolute Gasteiger partial charge is 0.263 e. The van der Waals surface area contributed by atoms with Crippen LogP contribution in [0, 0.1) is 0 Å². The molecule has 1 saturated carbocycles. The van der Waals surface area contributed by atoms with Gasteiger partial charge in [-0.05, 0) is 36.4 Å². The molecule has 0 atom stereocenters. The monoisotopic (exact) mass is 316 g/mol. The molecule has 5 heteroatoms. The van der Waals surface area contributed by atoms with E-state index in [2.05, 4.69) is 22.8 Å². The van der Waals surface area contributed by atoms with Crippen molar-refractivity contribution in [2.45, 2.75) is 31.1 Å². The highest BCUT2D eigenvalue weighted by Crippen LogP contribution is 2.42. The van der Waals surface area contributed by atoms with E-state index in [-0.39, 0.29) is 22.4 Å². The van der Waals surface area contributed by atoms with E-state index in [1.165, 1.54) is 22.3 Å². The maximum Gasteiger partial charge on any atom is 0.263 e. The van der Waals surface area contributed by atoms with Gasteiger partial charge in [-0.25, -0.2) is 0 Å². The van der Waals surface area contributed by atoms with Crippen LogP contribution >= 0.6 is 11.3 Å². The number of aryl methyl sites for hydroxylation is 1. The summed E-state index contributed by atoms with van der Waals surface area (Å²) < 4.78 is 1.43. The van der Waals surface area contributed by atoms with Gasteiger partial charge in [0.15, 0.2) is 0 Å². The number of pyridine rings is 1. The normalized spacial score (nSPS) is 16.6. The molecule has 116 valence electrons. The van der Waals surface area contributed by atoms with E-state index >= 15 is 0 Å². The Morgan fingerprint density at radius 3 is 2.77 bits per heavy atom. The second-order valence-corrected chi connectivity index (χ2v) is 6.93. The number of carbonyl (C=O) groups is 1. The van der Waals surface area contributed by atoms with E-state index in [1.807, 2.05) is 0 Å². The molecule has 0 bridgehead atoms. The van der Waals surface area contributed by atoms with Gasteiger partial charge in [0, 0.05) is 30.1 Å². The highest BCUT2D eigenvalue weighted by Gasteiger charge is 2.36. The molecule has 0 radical (unpaired) electrons. The molecule has 2 aromatic rings. The Labute approximate surface area is 133 Å². The first-order valence-corrected chi connectivity index (χ1v) is 8.48. The second kappa shape index (κ2) is 6.08. The van der Waals surface area contributed by atoms with Crippen molar-refractivity contribution in [1.29, 1.82) is 0 Å². The summed E-state index contributed by atoms with van der Waals surface area (Å²) in [6.45, 7) is 0.602. The van der Waals surface area contributed by atoms with Gasteiger partial charge in [0.05, 0.1) is 0 Å². The van der Waals surface area contributed by atoms with Gasteiger partial charge in [-0.3, -0.25) is 9.59 Å². The lowest BCUT2D eigenvalue weighted by atomic mass is 9.84. The van der Waals surface area contributed by atoms with Crippen molar-refractivity contribution in [3.63, 3.8) is 0 Å². The van der Waals surface area contributed by atoms with E-state index in [0.717, 1.165) is 12.8 Å². The van der Waals surface area contributed by atoms with Gasteiger partial charge < -0.3 is 9.88 Å². The van der Waals surface area contributed by atoms with E-state index < -0.39 is 0 Å². The highest BCUT2D eigenvalue weighted by molar-refractivity contribution is 7.10. The first-order chi connectivity index (χ1) is 10.6. The summed E-state index contributed by atoms with van der Waals surface area (Å²) in [4.78, 5) is 25.7. The standard InChI is InChI=1S/C17H20N2O2S/c1-19-10-4-6-13(16(19)21)15(20)18-12-17(8-2-3-9-17)14-7-5-11-22-14/h4-7,10-11H,2-3,8-9,12H2,1H3,(H,18,20). The quantitative estimate of drug-likeness (QED) is 0.943. The summed E-state index contributed by atoms with van der Waals surface area (Å²) in [5.41, 5.74) is 0.00467. The Morgan fingerprint density at radius 2 is 2.09 bits per heavy atom. The molecule has 0 spiro atoms. The number of amides is 1. The van der Waals surface area contributed by atoms with E-state index in [0.29, 0.717) is 6.54 Å². The van der Waals surface area contributed by atoms with Crippen LogP contribution in [-0.2, 0) is 12.5 Å².